The second-order valence-corrected chi connectivity index (χ2v) is 11.5. The molecule has 0 radical (unpaired) electrons. The number of alkyl halides is 3. The predicted octanol–water partition coefficient (Wildman–Crippen LogP) is 1.51. The van der Waals surface area contributed by atoms with E-state index in [1.807, 2.05) is 19.9 Å². The van der Waals surface area contributed by atoms with Gasteiger partial charge >= 0.3 is 12.1 Å². The number of piperidine rings is 1. The SMILES string of the molecule is Cn1cccc(CC(C#N)NC(=O)[C@@H]2[C@@H]3[C@H](CN2C(=O)[C@@H](NC(=O)C(F)(F)F)C(C)(C)C)C3(C)C)c1=O. The third-order valence-corrected chi connectivity index (χ3v) is 7.50. The highest BCUT2D eigenvalue weighted by Gasteiger charge is 2.70. The van der Waals surface area contributed by atoms with Crippen LogP contribution in [0.5, 0.6) is 0 Å². The zero-order valence-corrected chi connectivity index (χ0v) is 21.6. The highest BCUT2D eigenvalue weighted by Crippen LogP contribution is 2.65. The van der Waals surface area contributed by atoms with Crippen LogP contribution in [0, 0.1) is 34.0 Å². The first-order valence-electron chi connectivity index (χ1n) is 11.9. The smallest absolute Gasteiger partial charge is 0.338 e. The fraction of sp³-hybridized carbons (Fsp3) is 0.640. The molecule has 2 fully saturated rings. The summed E-state index contributed by atoms with van der Waals surface area (Å²) in [5.74, 6) is -3.98. The summed E-state index contributed by atoms with van der Waals surface area (Å²) in [6, 6.07) is 1.54. The Bertz CT molecular complexity index is 1190. The molecule has 2 aliphatic rings. The molecule has 2 heterocycles. The van der Waals surface area contributed by atoms with Gasteiger partial charge in [-0.05, 0) is 28.7 Å². The predicted molar refractivity (Wildman–Crippen MR) is 127 cm³/mol. The minimum absolute atomic E-state index is 0.0554. The van der Waals surface area contributed by atoms with Gasteiger partial charge < -0.3 is 20.1 Å². The third kappa shape index (κ3) is 5.50. The number of pyridine rings is 1. The second kappa shape index (κ2) is 9.50. The summed E-state index contributed by atoms with van der Waals surface area (Å²) in [4.78, 5) is 52.2. The lowest BCUT2D eigenvalue weighted by atomic mass is 9.85. The van der Waals surface area contributed by atoms with Crippen LogP contribution < -0.4 is 16.2 Å². The number of hydrogen-bond donors (Lipinski definition) is 2. The summed E-state index contributed by atoms with van der Waals surface area (Å²) in [5.41, 5.74) is -1.36. The number of nitrogens with zero attached hydrogens (tertiary/aromatic N) is 3. The van der Waals surface area contributed by atoms with Crippen molar-refractivity contribution in [3.63, 3.8) is 0 Å². The molecule has 202 valence electrons. The van der Waals surface area contributed by atoms with E-state index in [0.717, 1.165) is 0 Å². The molecule has 1 aromatic heterocycles. The largest absolute Gasteiger partial charge is 0.471 e. The molecule has 1 aliphatic heterocycles. The van der Waals surface area contributed by atoms with Gasteiger partial charge in [0.15, 0.2) is 0 Å². The summed E-state index contributed by atoms with van der Waals surface area (Å²) in [5, 5.41) is 14.1. The van der Waals surface area contributed by atoms with E-state index in [1.54, 1.807) is 30.7 Å². The summed E-state index contributed by atoms with van der Waals surface area (Å²) in [6.07, 6.45) is -3.67. The van der Waals surface area contributed by atoms with Crippen molar-refractivity contribution >= 4 is 17.7 Å². The molecule has 1 aromatic rings. The molecule has 5 atom stereocenters. The van der Waals surface area contributed by atoms with Crippen LogP contribution in [0.2, 0.25) is 0 Å². The van der Waals surface area contributed by atoms with Crippen molar-refractivity contribution in [1.29, 1.82) is 5.26 Å². The van der Waals surface area contributed by atoms with Crippen molar-refractivity contribution in [2.45, 2.75) is 65.3 Å². The van der Waals surface area contributed by atoms with Gasteiger partial charge in [-0.3, -0.25) is 19.2 Å². The first kappa shape index (κ1) is 28.2. The van der Waals surface area contributed by atoms with E-state index in [-0.39, 0.29) is 35.8 Å². The maximum Gasteiger partial charge on any atom is 0.471 e. The Balaban J connectivity index is 1.85. The number of nitriles is 1. The van der Waals surface area contributed by atoms with Gasteiger partial charge in [0.25, 0.3) is 5.56 Å². The van der Waals surface area contributed by atoms with Crippen molar-refractivity contribution in [3.8, 4) is 6.07 Å². The van der Waals surface area contributed by atoms with Crippen molar-refractivity contribution in [3.05, 3.63) is 34.2 Å². The van der Waals surface area contributed by atoms with E-state index >= 15 is 0 Å². The molecule has 2 N–H and O–H groups in total. The number of halogens is 3. The number of nitrogens with one attached hydrogen (secondary N) is 2. The van der Waals surface area contributed by atoms with E-state index in [2.05, 4.69) is 5.32 Å². The van der Waals surface area contributed by atoms with Crippen LogP contribution in [0.3, 0.4) is 0 Å². The number of likely N-dealkylation sites (tertiary alicyclic amines) is 1. The Labute approximate surface area is 213 Å². The highest BCUT2D eigenvalue weighted by molar-refractivity contribution is 5.95. The lowest BCUT2D eigenvalue weighted by Crippen LogP contribution is -2.61. The summed E-state index contributed by atoms with van der Waals surface area (Å²) < 4.78 is 40.3. The van der Waals surface area contributed by atoms with Crippen molar-refractivity contribution in [2.24, 2.45) is 29.7 Å². The Morgan fingerprint density at radius 2 is 1.84 bits per heavy atom. The van der Waals surface area contributed by atoms with Crippen LogP contribution >= 0.6 is 0 Å². The van der Waals surface area contributed by atoms with E-state index in [1.165, 1.54) is 30.2 Å². The maximum absolute atomic E-state index is 13.5. The van der Waals surface area contributed by atoms with Gasteiger partial charge in [-0.15, -0.1) is 0 Å². The Morgan fingerprint density at radius 1 is 1.22 bits per heavy atom. The Morgan fingerprint density at radius 3 is 2.38 bits per heavy atom. The van der Waals surface area contributed by atoms with Crippen LogP contribution in [0.1, 0.15) is 40.2 Å². The molecule has 0 spiro atoms. The minimum atomic E-state index is -5.18. The quantitative estimate of drug-likeness (QED) is 0.585. The van der Waals surface area contributed by atoms with Gasteiger partial charge in [-0.25, -0.2) is 0 Å². The van der Waals surface area contributed by atoms with Gasteiger partial charge in [-0.1, -0.05) is 40.7 Å². The molecule has 0 bridgehead atoms. The maximum atomic E-state index is 13.5. The minimum Gasteiger partial charge on any atom is -0.338 e. The lowest BCUT2D eigenvalue weighted by Gasteiger charge is -2.37. The standard InChI is InChI=1S/C25H32F3N5O4/c1-23(2,3)18(31-22(37)25(26,27)28)21(36)33-12-15-16(24(15,4)5)17(33)19(34)30-14(11-29)10-13-8-7-9-32(6)20(13)35/h7-9,14-18H,10,12H2,1-6H3,(H,30,34)(H,31,37)/t14?,15-,16-,17-,18+/m0/s1. The van der Waals surface area contributed by atoms with Crippen molar-refractivity contribution in [1.82, 2.24) is 20.1 Å². The first-order valence-corrected chi connectivity index (χ1v) is 11.9. The third-order valence-electron chi connectivity index (χ3n) is 7.50. The number of hydrogen-bond acceptors (Lipinski definition) is 5. The van der Waals surface area contributed by atoms with Crippen molar-refractivity contribution < 1.29 is 27.6 Å². The number of fused-ring (bicyclic) bond motifs is 1. The first-order chi connectivity index (χ1) is 16.9. The van der Waals surface area contributed by atoms with Gasteiger partial charge in [0.2, 0.25) is 11.8 Å². The van der Waals surface area contributed by atoms with E-state index in [0.29, 0.717) is 5.56 Å². The number of aryl methyl sites for hydroxylation is 1. The molecule has 1 saturated carbocycles. The highest BCUT2D eigenvalue weighted by atomic mass is 19.4. The van der Waals surface area contributed by atoms with Crippen molar-refractivity contribution in [2.75, 3.05) is 6.54 Å². The molecule has 0 aromatic carbocycles. The van der Waals surface area contributed by atoms with Gasteiger partial charge in [0.05, 0.1) is 6.07 Å². The average Bonchev–Trinajstić information content (AvgIpc) is 3.11. The van der Waals surface area contributed by atoms with E-state index in [4.69, 9.17) is 0 Å². The molecule has 1 saturated heterocycles. The van der Waals surface area contributed by atoms with Crippen LogP contribution in [0.4, 0.5) is 13.2 Å². The van der Waals surface area contributed by atoms with Gasteiger partial charge in [0.1, 0.15) is 18.1 Å². The summed E-state index contributed by atoms with van der Waals surface area (Å²) in [7, 11) is 1.56. The van der Waals surface area contributed by atoms with E-state index in [9.17, 15) is 37.6 Å². The number of rotatable bonds is 6. The summed E-state index contributed by atoms with van der Waals surface area (Å²) in [6.45, 7) is 8.58. The number of amides is 3. The van der Waals surface area contributed by atoms with Crippen LogP contribution in [-0.2, 0) is 27.9 Å². The molecule has 1 aliphatic carbocycles. The monoisotopic (exact) mass is 523 g/mol. The molecule has 3 rings (SSSR count). The van der Waals surface area contributed by atoms with Gasteiger partial charge in [0, 0.05) is 31.8 Å². The fourth-order valence-corrected chi connectivity index (χ4v) is 5.26. The number of aromatic nitrogens is 1. The molecule has 3 amide bonds. The van der Waals surface area contributed by atoms with Gasteiger partial charge in [-0.2, -0.15) is 18.4 Å². The fourth-order valence-electron chi connectivity index (χ4n) is 5.26. The Kier molecular flexibility index (Phi) is 7.25. The molecule has 1 unspecified atom stereocenters. The van der Waals surface area contributed by atoms with E-state index < -0.39 is 47.4 Å². The number of carbonyl (C=O) groups is 3. The molecular formula is C25H32F3N5O4. The summed E-state index contributed by atoms with van der Waals surface area (Å²) >= 11 is 0. The van der Waals surface area contributed by atoms with Crippen LogP contribution in [0.15, 0.2) is 23.1 Å². The zero-order chi connectivity index (χ0) is 28.1. The lowest BCUT2D eigenvalue weighted by molar-refractivity contribution is -0.176. The number of carbonyl (C=O) groups excluding carboxylic acids is 3. The normalized spacial score (nSPS) is 23.9. The molecule has 37 heavy (non-hydrogen) atoms. The van der Waals surface area contributed by atoms with Crippen LogP contribution in [-0.4, -0.2) is 58.0 Å². The van der Waals surface area contributed by atoms with Crippen LogP contribution in [0.25, 0.3) is 0 Å². The topological polar surface area (TPSA) is 124 Å². The Hall–Kier alpha value is -3.36. The molecular weight excluding hydrogens is 491 g/mol. The average molecular weight is 524 g/mol. The second-order valence-electron chi connectivity index (χ2n) is 11.5. The zero-order valence-electron chi connectivity index (χ0n) is 21.6. The molecule has 9 nitrogen and oxygen atoms in total. The molecule has 12 heteroatoms.